The smallest absolute Gasteiger partial charge is 0.352 e. The maximum absolute atomic E-state index is 13.7. The van der Waals surface area contributed by atoms with Crippen molar-refractivity contribution < 1.29 is 48.7 Å². The van der Waals surface area contributed by atoms with Crippen molar-refractivity contribution in [3.05, 3.63) is 45.7 Å². The first kappa shape index (κ1) is 36.1. The van der Waals surface area contributed by atoms with E-state index in [2.05, 4.69) is 41.5 Å². The van der Waals surface area contributed by atoms with E-state index in [4.69, 9.17) is 15.4 Å². The van der Waals surface area contributed by atoms with Gasteiger partial charge in [-0.15, -0.1) is 34.9 Å². The summed E-state index contributed by atoms with van der Waals surface area (Å²) in [5.74, 6) is -5.16. The molecular weight excluding hydrogens is 741 g/mol. The third-order valence-electron chi connectivity index (χ3n) is 6.84. The minimum absolute atomic E-state index is 0.0429. The van der Waals surface area contributed by atoms with Gasteiger partial charge in [-0.2, -0.15) is 0 Å². The van der Waals surface area contributed by atoms with Gasteiger partial charge in [-0.05, 0) is 12.2 Å². The Morgan fingerprint density at radius 3 is 2.44 bits per heavy atom. The summed E-state index contributed by atoms with van der Waals surface area (Å²) in [6.07, 6.45) is 4.04. The van der Waals surface area contributed by atoms with Crippen molar-refractivity contribution in [3.8, 4) is 0 Å². The van der Waals surface area contributed by atoms with Crippen LogP contribution in [0.25, 0.3) is 0 Å². The van der Waals surface area contributed by atoms with Crippen LogP contribution >= 0.6 is 46.2 Å². The van der Waals surface area contributed by atoms with Crippen molar-refractivity contribution >= 4 is 103 Å². The highest BCUT2D eigenvalue weighted by molar-refractivity contribution is 8.00. The minimum atomic E-state index is -1.43. The molecule has 1 fully saturated rings. The van der Waals surface area contributed by atoms with Crippen LogP contribution in [0.2, 0.25) is 0 Å². The quantitative estimate of drug-likeness (QED) is 0.0731. The number of carboxylic acids is 2. The lowest BCUT2D eigenvalue weighted by Gasteiger charge is -2.48. The van der Waals surface area contributed by atoms with Gasteiger partial charge in [0.1, 0.15) is 54.1 Å². The Balaban J connectivity index is 1.33. The Hall–Kier alpha value is -5.20. The lowest BCUT2D eigenvalue weighted by molar-refractivity contribution is -0.150. The van der Waals surface area contributed by atoms with Crippen molar-refractivity contribution in [2.45, 2.75) is 22.8 Å². The number of thiazole rings is 2. The lowest BCUT2D eigenvalue weighted by Crippen LogP contribution is -2.70. The molecule has 0 bridgehead atoms. The van der Waals surface area contributed by atoms with Crippen LogP contribution in [0, 0.1) is 0 Å². The van der Waals surface area contributed by atoms with E-state index in [-0.39, 0.29) is 49.4 Å². The van der Waals surface area contributed by atoms with Gasteiger partial charge in [0.15, 0.2) is 21.7 Å². The standard InChI is InChI=1S/C26H26N10O10S4/c1-45-34-13(10-8-49-25(27)30-10)17(37)31-15(20-29-9(23(41)42)3-5-47-20)19(39)33-26-28-7-12(50-26)14(35-46-2)18(38)32-16-21(40)36-11(24(43)44)4-6-48-22(16)36/h3-4,7-8,15-16,20,22,29H,5-6H2,1-2H3,(H2,27,30)(H,31,37)(H,32,38)(H,41,42)(H,43,44)(H,28,33,39)/b34-13+,35-14-. The number of thioether (sulfide) groups is 2. The first-order chi connectivity index (χ1) is 23.9. The number of nitrogens with one attached hydrogen (secondary N) is 4. The summed E-state index contributed by atoms with van der Waals surface area (Å²) in [6.45, 7) is 0. The van der Waals surface area contributed by atoms with Gasteiger partial charge in [0.05, 0.1) is 4.88 Å². The Kier molecular flexibility index (Phi) is 11.2. The molecule has 20 nitrogen and oxygen atoms in total. The largest absolute Gasteiger partial charge is 0.477 e. The van der Waals surface area contributed by atoms with E-state index in [9.17, 15) is 39.0 Å². The number of nitrogens with zero attached hydrogens (tertiary/aromatic N) is 5. The van der Waals surface area contributed by atoms with Crippen LogP contribution in [0.4, 0.5) is 10.3 Å². The number of amides is 4. The summed E-state index contributed by atoms with van der Waals surface area (Å²) in [4.78, 5) is 95.4. The maximum atomic E-state index is 13.7. The Labute approximate surface area is 297 Å². The molecule has 2 aromatic heterocycles. The molecule has 24 heteroatoms. The number of nitrogens with two attached hydrogens (primary N) is 1. The highest BCUT2D eigenvalue weighted by Gasteiger charge is 2.53. The number of aliphatic carboxylic acids is 2. The highest BCUT2D eigenvalue weighted by Crippen LogP contribution is 2.37. The summed E-state index contributed by atoms with van der Waals surface area (Å²) in [7, 11) is 2.40. The molecule has 0 aromatic carbocycles. The Morgan fingerprint density at radius 2 is 1.78 bits per heavy atom. The average Bonchev–Trinajstić information content (AvgIpc) is 3.75. The predicted octanol–water partition coefficient (Wildman–Crippen LogP) is -0.994. The van der Waals surface area contributed by atoms with Gasteiger partial charge in [-0.25, -0.2) is 19.6 Å². The molecule has 4 unspecified atom stereocenters. The number of carbonyl (C=O) groups is 6. The summed E-state index contributed by atoms with van der Waals surface area (Å²) < 4.78 is 0. The number of hydrogen-bond acceptors (Lipinski definition) is 18. The fourth-order valence-corrected chi connectivity index (χ4v) is 8.26. The van der Waals surface area contributed by atoms with E-state index >= 15 is 0 Å². The van der Waals surface area contributed by atoms with E-state index in [0.717, 1.165) is 39.3 Å². The van der Waals surface area contributed by atoms with Gasteiger partial charge in [0.25, 0.3) is 23.6 Å². The van der Waals surface area contributed by atoms with Crippen LogP contribution in [0.3, 0.4) is 0 Å². The molecular formula is C26H26N10O10S4. The van der Waals surface area contributed by atoms with Crippen LogP contribution in [0.15, 0.2) is 45.4 Å². The molecule has 4 atom stereocenters. The molecule has 0 radical (unpaired) electrons. The van der Waals surface area contributed by atoms with Crippen LogP contribution in [-0.2, 0) is 38.4 Å². The van der Waals surface area contributed by atoms with Gasteiger partial charge in [-0.3, -0.25) is 24.1 Å². The number of aromatic nitrogens is 2. The van der Waals surface area contributed by atoms with Gasteiger partial charge < -0.3 is 46.9 Å². The van der Waals surface area contributed by atoms with Gasteiger partial charge >= 0.3 is 11.9 Å². The maximum Gasteiger partial charge on any atom is 0.352 e. The number of rotatable bonds is 13. The van der Waals surface area contributed by atoms with Crippen molar-refractivity contribution in [1.82, 2.24) is 30.8 Å². The first-order valence-corrected chi connectivity index (χ1v) is 17.7. The number of oxime groups is 2. The van der Waals surface area contributed by atoms with Gasteiger partial charge in [0, 0.05) is 23.1 Å². The summed E-state index contributed by atoms with van der Waals surface area (Å²) in [5, 5.41) is 36.7. The fraction of sp³-hybridized carbons (Fsp3) is 0.308. The number of carbonyl (C=O) groups excluding carboxylic acids is 4. The second-order valence-electron chi connectivity index (χ2n) is 9.88. The molecule has 1 saturated heterocycles. The zero-order valence-corrected chi connectivity index (χ0v) is 28.9. The topological polar surface area (TPSA) is 289 Å². The van der Waals surface area contributed by atoms with Gasteiger partial charge in [0.2, 0.25) is 0 Å². The predicted molar refractivity (Wildman–Crippen MR) is 182 cm³/mol. The third-order valence-corrected chi connectivity index (χ3v) is 10.7. The molecule has 5 heterocycles. The SMILES string of the molecule is CO/N=C(/C(=O)NC(C(=O)Nc1ncc(/C(=N/OC)C(=O)NC2C(=O)N3C(C(=O)O)=CCSC23)s1)C1NC(C(=O)O)=CCS1)c1csc(N)n1. The van der Waals surface area contributed by atoms with E-state index in [1.165, 1.54) is 49.7 Å². The number of nitrogen functional groups attached to an aromatic ring is 1. The van der Waals surface area contributed by atoms with E-state index < -0.39 is 58.4 Å². The normalized spacial score (nSPS) is 20.9. The molecule has 0 aliphatic carbocycles. The second kappa shape index (κ2) is 15.6. The Morgan fingerprint density at radius 1 is 1.06 bits per heavy atom. The third kappa shape index (κ3) is 7.66. The monoisotopic (exact) mass is 766 g/mol. The molecule has 50 heavy (non-hydrogen) atoms. The van der Waals surface area contributed by atoms with Crippen LogP contribution in [0.1, 0.15) is 10.6 Å². The van der Waals surface area contributed by atoms with E-state index in [0.29, 0.717) is 5.75 Å². The highest BCUT2D eigenvalue weighted by atomic mass is 32.2. The number of carboxylic acid groups (broad SMARTS) is 2. The van der Waals surface area contributed by atoms with Crippen LogP contribution in [-0.4, -0.2) is 121 Å². The molecule has 5 rings (SSSR count). The minimum Gasteiger partial charge on any atom is -0.477 e. The summed E-state index contributed by atoms with van der Waals surface area (Å²) >= 11 is 4.26. The summed E-state index contributed by atoms with van der Waals surface area (Å²) in [5.41, 5.74) is 4.84. The van der Waals surface area contributed by atoms with Crippen molar-refractivity contribution in [2.24, 2.45) is 10.3 Å². The number of anilines is 2. The lowest BCUT2D eigenvalue weighted by atomic mass is 10.0. The molecule has 8 N–H and O–H groups in total. The molecule has 3 aliphatic rings. The van der Waals surface area contributed by atoms with Gasteiger partial charge in [-0.1, -0.05) is 21.6 Å². The fourth-order valence-electron chi connectivity index (χ4n) is 4.66. The zero-order valence-electron chi connectivity index (χ0n) is 25.6. The molecule has 4 amide bonds. The molecule has 3 aliphatic heterocycles. The van der Waals surface area contributed by atoms with Crippen molar-refractivity contribution in [1.29, 1.82) is 0 Å². The summed E-state index contributed by atoms with van der Waals surface area (Å²) in [6, 6.07) is -2.46. The molecule has 264 valence electrons. The average molecular weight is 767 g/mol. The number of hydrogen-bond donors (Lipinski definition) is 7. The van der Waals surface area contributed by atoms with E-state index in [1.54, 1.807) is 0 Å². The number of β-lactam (4-membered cyclic amide) rings is 1. The number of fused-ring (bicyclic) bond motifs is 1. The van der Waals surface area contributed by atoms with E-state index in [1.807, 2.05) is 0 Å². The zero-order chi connectivity index (χ0) is 36.1. The molecule has 0 saturated carbocycles. The molecule has 2 aromatic rings. The van der Waals surface area contributed by atoms with Crippen LogP contribution in [0.5, 0.6) is 0 Å². The van der Waals surface area contributed by atoms with Crippen LogP contribution < -0.4 is 27.0 Å². The Bertz CT molecular complexity index is 1860. The first-order valence-electron chi connectivity index (χ1n) is 14.0. The second-order valence-corrected chi connectivity index (χ2v) is 14.1. The molecule has 0 spiro atoms. The van der Waals surface area contributed by atoms with Crippen molar-refractivity contribution in [3.63, 3.8) is 0 Å². The van der Waals surface area contributed by atoms with Crippen molar-refractivity contribution in [2.75, 3.05) is 36.8 Å².